The van der Waals surface area contributed by atoms with Crippen LogP contribution in [0.25, 0.3) is 66.8 Å². The summed E-state index contributed by atoms with van der Waals surface area (Å²) in [5, 5.41) is -0.0881. The lowest BCUT2D eigenvalue weighted by Gasteiger charge is -2.52. The van der Waals surface area contributed by atoms with Crippen LogP contribution >= 0.6 is 23.2 Å². The minimum atomic E-state index is -0.513. The van der Waals surface area contributed by atoms with Crippen LogP contribution in [0, 0.1) is 0 Å². The number of anilines is 8. The van der Waals surface area contributed by atoms with Crippen LogP contribution in [-0.2, 0) is 0 Å². The molecule has 0 amide bonds. The van der Waals surface area contributed by atoms with Crippen molar-refractivity contribution in [1.82, 2.24) is 0 Å². The second kappa shape index (κ2) is 15.0. The van der Waals surface area contributed by atoms with Gasteiger partial charge < -0.3 is 37.9 Å². The monoisotopic (exact) mass is 1070 g/mol. The highest BCUT2D eigenvalue weighted by molar-refractivity contribution is 8.56. The van der Waals surface area contributed by atoms with Gasteiger partial charge in [0.05, 0.1) is 0 Å². The quantitative estimate of drug-likeness (QED) is 0.159. The minimum absolute atomic E-state index is 0.0881. The van der Waals surface area contributed by atoms with Crippen molar-refractivity contribution >= 4 is 130 Å². The van der Waals surface area contributed by atoms with Gasteiger partial charge in [0.2, 0.25) is 0 Å². The number of hydrogen-bond donors (Lipinski definition) is 0. The van der Waals surface area contributed by atoms with Crippen LogP contribution in [0.5, 0.6) is 23.0 Å². The summed E-state index contributed by atoms with van der Waals surface area (Å²) in [5.41, 5.74) is 29.1. The molecule has 21 rings (SSSR count). The van der Waals surface area contributed by atoms with E-state index in [1.165, 1.54) is 92.7 Å². The standard InChI is InChI=1S/C66H35B5N4O4S2/c1-5-19-36(20-6-1)72-42-29-17-31-44-52(42)56-60-50(40-27-13-15-33-46(40)76-67(60)72)65-58-54-48(78-69(62(56)58)74(44)38-23-9-3-10-24-38)35-49-55-59-63-57-53-43(30-18-32-45(53)75(70(63)79-49)39-25-11-4-12-26-39)73(37-21-7-2-8-22-37)68-61(57)51(41-28-14-16-34-47(41)77-68)66(59)81-71(80-65)64(54)55/h1-35H. The molecule has 15 heteroatoms. The van der Waals surface area contributed by atoms with Crippen LogP contribution in [-0.4, -0.2) is 33.5 Å². The minimum Gasteiger partial charge on any atom is -0.537 e. The molecule has 0 unspecified atom stereocenters. The topological polar surface area (TPSA) is 49.9 Å². The predicted molar refractivity (Wildman–Crippen MR) is 335 cm³/mol. The van der Waals surface area contributed by atoms with E-state index in [9.17, 15) is 0 Å². The van der Waals surface area contributed by atoms with Crippen LogP contribution in [0.3, 0.4) is 0 Å². The Morgan fingerprint density at radius 2 is 0.580 bits per heavy atom. The Balaban J connectivity index is 0.912. The molecule has 0 fully saturated rings. The zero-order valence-corrected chi connectivity index (χ0v) is 44.5. The smallest absolute Gasteiger partial charge is 0.525 e. The van der Waals surface area contributed by atoms with Gasteiger partial charge in [-0.1, -0.05) is 121 Å². The van der Waals surface area contributed by atoms with Gasteiger partial charge in [-0.3, -0.25) is 0 Å². The Hall–Kier alpha value is -9.16. The van der Waals surface area contributed by atoms with E-state index in [4.69, 9.17) is 18.6 Å². The normalized spacial score (nSPS) is 15.7. The summed E-state index contributed by atoms with van der Waals surface area (Å²) < 4.78 is 30.7. The molecule has 0 bridgehead atoms. The third-order valence-corrected chi connectivity index (χ3v) is 21.2. The van der Waals surface area contributed by atoms with Gasteiger partial charge in [0.1, 0.15) is 23.0 Å². The van der Waals surface area contributed by atoms with Crippen LogP contribution < -0.4 is 65.2 Å². The number of para-hydroxylation sites is 6. The third kappa shape index (κ3) is 5.09. The Morgan fingerprint density at radius 1 is 0.259 bits per heavy atom. The van der Waals surface area contributed by atoms with E-state index in [0.29, 0.717) is 0 Å². The highest BCUT2D eigenvalue weighted by Gasteiger charge is 2.61. The summed E-state index contributed by atoms with van der Waals surface area (Å²) in [6.07, 6.45) is 0. The molecule has 81 heavy (non-hydrogen) atoms. The SMILES string of the molecule is c1ccc(N2B3Oc4ccccc4-c4c5c6c7c(c43)-c3c2cccc3N(c2ccccc2)B7Oc2cc3c4c(c2-6)B(S5)Sc2c5c6c7c(c2-4)B(O3)N(c2ccccc2)c2cccc(c2-7)N(c2ccccc2)B6Oc2ccccc2-5)cc1. The van der Waals surface area contributed by atoms with E-state index in [1.54, 1.807) is 0 Å². The van der Waals surface area contributed by atoms with Gasteiger partial charge in [0.25, 0.3) is 0 Å². The predicted octanol–water partition coefficient (Wildman–Crippen LogP) is 12.6. The Bertz CT molecular complexity index is 4460. The summed E-state index contributed by atoms with van der Waals surface area (Å²) in [6.45, 7) is 0. The van der Waals surface area contributed by atoms with Gasteiger partial charge in [0.15, 0.2) is 0 Å². The van der Waals surface area contributed by atoms with Crippen molar-refractivity contribution in [2.24, 2.45) is 0 Å². The third-order valence-electron chi connectivity index (χ3n) is 18.5. The highest BCUT2D eigenvalue weighted by atomic mass is 32.2. The molecule has 11 aromatic rings. The van der Waals surface area contributed by atoms with Crippen molar-refractivity contribution in [3.63, 3.8) is 0 Å². The lowest BCUT2D eigenvalue weighted by atomic mass is 9.49. The van der Waals surface area contributed by atoms with E-state index in [1.807, 2.05) is 23.2 Å². The van der Waals surface area contributed by atoms with E-state index in [0.717, 1.165) is 79.6 Å². The van der Waals surface area contributed by atoms with Crippen LogP contribution in [0.4, 0.5) is 45.5 Å². The van der Waals surface area contributed by atoms with Crippen molar-refractivity contribution in [3.8, 4) is 89.8 Å². The fourth-order valence-electron chi connectivity index (χ4n) is 15.6. The van der Waals surface area contributed by atoms with Crippen molar-refractivity contribution in [2.45, 2.75) is 9.79 Å². The average molecular weight is 1070 g/mol. The molecule has 11 aromatic carbocycles. The first-order valence-corrected chi connectivity index (χ1v) is 29.5. The molecule has 10 aliphatic rings. The molecular formula is C66H35B5N4O4S2. The summed E-state index contributed by atoms with van der Waals surface area (Å²) in [6, 6.07) is 76.5. The van der Waals surface area contributed by atoms with Gasteiger partial charge in [0, 0.05) is 117 Å². The maximum atomic E-state index is 7.91. The van der Waals surface area contributed by atoms with Crippen molar-refractivity contribution in [3.05, 3.63) is 212 Å². The van der Waals surface area contributed by atoms with Crippen LogP contribution in [0.15, 0.2) is 222 Å². The molecule has 0 aliphatic carbocycles. The second-order valence-corrected chi connectivity index (χ2v) is 24.7. The van der Waals surface area contributed by atoms with E-state index in [2.05, 4.69) is 232 Å². The maximum absolute atomic E-state index is 7.91. The van der Waals surface area contributed by atoms with Gasteiger partial charge in [-0.2, -0.15) is 23.2 Å². The lowest BCUT2D eigenvalue weighted by Crippen LogP contribution is -2.65. The van der Waals surface area contributed by atoms with E-state index < -0.39 is 28.2 Å². The Morgan fingerprint density at radius 3 is 0.951 bits per heavy atom. The van der Waals surface area contributed by atoms with Crippen molar-refractivity contribution < 1.29 is 18.6 Å². The average Bonchev–Trinajstić information content (AvgIpc) is 1.74. The molecule has 10 heterocycles. The van der Waals surface area contributed by atoms with Gasteiger partial charge >= 0.3 is 33.5 Å². The molecule has 0 radical (unpaired) electrons. The molecule has 0 saturated heterocycles. The number of benzene rings is 11. The summed E-state index contributed by atoms with van der Waals surface area (Å²) in [4.78, 5) is 12.3. The number of nitrogens with zero attached hydrogens (tertiary/aromatic N) is 4. The first kappa shape index (κ1) is 42.7. The molecule has 0 aromatic heterocycles. The molecule has 0 spiro atoms. The Labute approximate surface area is 476 Å². The lowest BCUT2D eigenvalue weighted by molar-refractivity contribution is 0.552. The molecule has 370 valence electrons. The molecule has 0 N–H and O–H groups in total. The van der Waals surface area contributed by atoms with Crippen molar-refractivity contribution in [1.29, 1.82) is 0 Å². The largest absolute Gasteiger partial charge is 0.537 e. The first-order valence-electron chi connectivity index (χ1n) is 27.8. The molecule has 10 aliphatic heterocycles. The van der Waals surface area contributed by atoms with Gasteiger partial charge in [-0.15, -0.1) is 0 Å². The van der Waals surface area contributed by atoms with Crippen LogP contribution in [0.1, 0.15) is 0 Å². The van der Waals surface area contributed by atoms with Gasteiger partial charge in [-0.25, -0.2) is 0 Å². The van der Waals surface area contributed by atoms with E-state index >= 15 is 0 Å². The zero-order valence-electron chi connectivity index (χ0n) is 42.8. The number of fused-ring (bicyclic) bond motifs is 6. The molecule has 0 saturated carbocycles. The van der Waals surface area contributed by atoms with Gasteiger partial charge in [-0.05, 0) is 124 Å². The molecular weight excluding hydrogens is 1030 g/mol. The molecule has 0 atom stereocenters. The zero-order chi connectivity index (χ0) is 52.1. The van der Waals surface area contributed by atoms with Crippen LogP contribution in [0.2, 0.25) is 0 Å². The van der Waals surface area contributed by atoms with Crippen molar-refractivity contribution in [2.75, 3.05) is 19.2 Å². The fourth-order valence-corrected chi connectivity index (χ4v) is 18.8. The van der Waals surface area contributed by atoms with E-state index in [-0.39, 0.29) is 5.27 Å². The summed E-state index contributed by atoms with van der Waals surface area (Å²) >= 11 is 4.01. The number of rotatable bonds is 4. The molecule has 8 nitrogen and oxygen atoms in total. The highest BCUT2D eigenvalue weighted by Crippen LogP contribution is 2.65. The summed E-state index contributed by atoms with van der Waals surface area (Å²) in [7, 11) is -1.94. The fraction of sp³-hybridized carbons (Fsp3) is 0. The second-order valence-electron chi connectivity index (χ2n) is 22.2. The maximum Gasteiger partial charge on any atom is 0.525 e. The Kier molecular flexibility index (Phi) is 7.91. The summed E-state index contributed by atoms with van der Waals surface area (Å²) in [5.74, 6) is 3.44. The number of hydrogen-bond acceptors (Lipinski definition) is 10. The first-order chi connectivity index (χ1) is 40.2.